The zero-order valence-corrected chi connectivity index (χ0v) is 10.8. The first-order valence-electron chi connectivity index (χ1n) is 6.91. The summed E-state index contributed by atoms with van der Waals surface area (Å²) >= 11 is 0. The third-order valence-electron chi connectivity index (χ3n) is 4.56. The van der Waals surface area contributed by atoms with Crippen LogP contribution >= 0.6 is 0 Å². The van der Waals surface area contributed by atoms with Crippen LogP contribution < -0.4 is 11.1 Å². The molecular formula is C13H27N3. The van der Waals surface area contributed by atoms with Gasteiger partial charge in [0.15, 0.2) is 0 Å². The van der Waals surface area contributed by atoms with Crippen molar-refractivity contribution in [3.05, 3.63) is 0 Å². The molecule has 0 saturated carbocycles. The highest BCUT2D eigenvalue weighted by Gasteiger charge is 2.40. The van der Waals surface area contributed by atoms with E-state index in [9.17, 15) is 0 Å². The Labute approximate surface area is 99.8 Å². The third kappa shape index (κ3) is 2.41. The van der Waals surface area contributed by atoms with Gasteiger partial charge in [-0.25, -0.2) is 0 Å². The molecule has 3 N–H and O–H groups in total. The maximum absolute atomic E-state index is 6.04. The summed E-state index contributed by atoms with van der Waals surface area (Å²) in [6.07, 6.45) is 6.44. The molecule has 2 aliphatic rings. The molecule has 3 unspecified atom stereocenters. The molecule has 0 aromatic rings. The van der Waals surface area contributed by atoms with E-state index < -0.39 is 0 Å². The van der Waals surface area contributed by atoms with Gasteiger partial charge in [0.2, 0.25) is 0 Å². The van der Waals surface area contributed by atoms with Gasteiger partial charge >= 0.3 is 0 Å². The predicted octanol–water partition coefficient (Wildman–Crippen LogP) is 1.33. The number of fused-ring (bicyclic) bond motifs is 1. The van der Waals surface area contributed by atoms with Crippen molar-refractivity contribution in [2.24, 2.45) is 5.73 Å². The van der Waals surface area contributed by atoms with E-state index in [1.165, 1.54) is 45.2 Å². The molecule has 2 aliphatic heterocycles. The molecular weight excluding hydrogens is 198 g/mol. The van der Waals surface area contributed by atoms with Gasteiger partial charge in [-0.1, -0.05) is 6.92 Å². The Morgan fingerprint density at radius 3 is 3.00 bits per heavy atom. The summed E-state index contributed by atoms with van der Waals surface area (Å²) in [5.74, 6) is 0. The van der Waals surface area contributed by atoms with Crippen molar-refractivity contribution in [3.63, 3.8) is 0 Å². The van der Waals surface area contributed by atoms with Crippen LogP contribution in [0.2, 0.25) is 0 Å². The number of rotatable bonds is 4. The second-order valence-electron chi connectivity index (χ2n) is 5.72. The number of nitrogens with one attached hydrogen (secondary N) is 1. The van der Waals surface area contributed by atoms with E-state index in [0.717, 1.165) is 12.6 Å². The number of piperidine rings is 1. The summed E-state index contributed by atoms with van der Waals surface area (Å²) in [4.78, 5) is 2.66. The Bertz CT molecular complexity index is 231. The molecule has 0 spiro atoms. The fraction of sp³-hybridized carbons (Fsp3) is 1.00. The van der Waals surface area contributed by atoms with Crippen LogP contribution in [0.25, 0.3) is 0 Å². The molecule has 2 heterocycles. The first-order valence-corrected chi connectivity index (χ1v) is 6.91. The van der Waals surface area contributed by atoms with Crippen LogP contribution in [0.3, 0.4) is 0 Å². The lowest BCUT2D eigenvalue weighted by Crippen LogP contribution is -2.61. The topological polar surface area (TPSA) is 41.3 Å². The Balaban J connectivity index is 1.99. The van der Waals surface area contributed by atoms with E-state index in [-0.39, 0.29) is 5.54 Å². The summed E-state index contributed by atoms with van der Waals surface area (Å²) < 4.78 is 0. The SMILES string of the molecule is CCC(C)NC1(CN)CCN2CCCC2C1. The summed E-state index contributed by atoms with van der Waals surface area (Å²) in [6, 6.07) is 1.39. The Hall–Kier alpha value is -0.120. The van der Waals surface area contributed by atoms with Gasteiger partial charge in [-0.3, -0.25) is 0 Å². The van der Waals surface area contributed by atoms with Crippen molar-refractivity contribution in [1.29, 1.82) is 0 Å². The standard InChI is InChI=1S/C13H27N3/c1-3-11(2)15-13(10-14)6-8-16-7-4-5-12(16)9-13/h11-12,15H,3-10,14H2,1-2H3. The van der Waals surface area contributed by atoms with E-state index in [2.05, 4.69) is 24.1 Å². The summed E-state index contributed by atoms with van der Waals surface area (Å²) in [5, 5.41) is 3.79. The molecule has 0 radical (unpaired) electrons. The lowest BCUT2D eigenvalue weighted by Gasteiger charge is -2.45. The van der Waals surface area contributed by atoms with Crippen LogP contribution in [0.1, 0.15) is 46.0 Å². The molecule has 94 valence electrons. The molecule has 3 heteroatoms. The smallest absolute Gasteiger partial charge is 0.0333 e. The largest absolute Gasteiger partial charge is 0.329 e. The van der Waals surface area contributed by atoms with Crippen LogP contribution in [0.5, 0.6) is 0 Å². The van der Waals surface area contributed by atoms with Crippen molar-refractivity contribution in [3.8, 4) is 0 Å². The molecule has 3 atom stereocenters. The molecule has 0 aliphatic carbocycles. The summed E-state index contributed by atoms with van der Waals surface area (Å²) in [5.41, 5.74) is 6.27. The van der Waals surface area contributed by atoms with Crippen molar-refractivity contribution < 1.29 is 0 Å². The molecule has 2 fully saturated rings. The normalized spacial score (nSPS) is 37.3. The molecule has 3 nitrogen and oxygen atoms in total. The minimum absolute atomic E-state index is 0.223. The van der Waals surface area contributed by atoms with E-state index in [1.807, 2.05) is 0 Å². The Morgan fingerprint density at radius 2 is 2.31 bits per heavy atom. The van der Waals surface area contributed by atoms with Crippen LogP contribution in [0.15, 0.2) is 0 Å². The number of hydrogen-bond donors (Lipinski definition) is 2. The van der Waals surface area contributed by atoms with Gasteiger partial charge in [0.05, 0.1) is 0 Å². The van der Waals surface area contributed by atoms with E-state index in [1.54, 1.807) is 0 Å². The zero-order chi connectivity index (χ0) is 11.6. The molecule has 0 bridgehead atoms. The number of hydrogen-bond acceptors (Lipinski definition) is 3. The minimum atomic E-state index is 0.223. The van der Waals surface area contributed by atoms with Crippen LogP contribution in [0, 0.1) is 0 Å². The Morgan fingerprint density at radius 1 is 1.50 bits per heavy atom. The zero-order valence-electron chi connectivity index (χ0n) is 10.8. The molecule has 2 rings (SSSR count). The van der Waals surface area contributed by atoms with Crippen molar-refractivity contribution in [1.82, 2.24) is 10.2 Å². The van der Waals surface area contributed by atoms with Crippen molar-refractivity contribution in [2.45, 2.75) is 63.6 Å². The third-order valence-corrected chi connectivity index (χ3v) is 4.56. The monoisotopic (exact) mass is 225 g/mol. The second kappa shape index (κ2) is 5.03. The average Bonchev–Trinajstić information content (AvgIpc) is 2.75. The van der Waals surface area contributed by atoms with Gasteiger partial charge in [0.1, 0.15) is 0 Å². The minimum Gasteiger partial charge on any atom is -0.329 e. The van der Waals surface area contributed by atoms with Crippen molar-refractivity contribution >= 4 is 0 Å². The molecule has 0 aromatic heterocycles. The van der Waals surface area contributed by atoms with Gasteiger partial charge in [-0.15, -0.1) is 0 Å². The highest BCUT2D eigenvalue weighted by atomic mass is 15.2. The maximum atomic E-state index is 6.04. The lowest BCUT2D eigenvalue weighted by atomic mass is 9.82. The van der Waals surface area contributed by atoms with Gasteiger partial charge in [0.25, 0.3) is 0 Å². The quantitative estimate of drug-likeness (QED) is 0.758. The second-order valence-corrected chi connectivity index (χ2v) is 5.72. The van der Waals surface area contributed by atoms with Gasteiger partial charge in [-0.2, -0.15) is 0 Å². The van der Waals surface area contributed by atoms with E-state index in [4.69, 9.17) is 5.73 Å². The van der Waals surface area contributed by atoms with Gasteiger partial charge in [-0.05, 0) is 45.6 Å². The maximum Gasteiger partial charge on any atom is 0.0333 e. The summed E-state index contributed by atoms with van der Waals surface area (Å²) in [7, 11) is 0. The molecule has 0 amide bonds. The van der Waals surface area contributed by atoms with E-state index in [0.29, 0.717) is 6.04 Å². The van der Waals surface area contributed by atoms with Gasteiger partial charge < -0.3 is 16.0 Å². The fourth-order valence-corrected chi connectivity index (χ4v) is 3.33. The predicted molar refractivity (Wildman–Crippen MR) is 68.5 cm³/mol. The number of nitrogens with two attached hydrogens (primary N) is 1. The van der Waals surface area contributed by atoms with Crippen LogP contribution in [-0.2, 0) is 0 Å². The molecule has 0 aromatic carbocycles. The van der Waals surface area contributed by atoms with Crippen LogP contribution in [0.4, 0.5) is 0 Å². The van der Waals surface area contributed by atoms with Crippen LogP contribution in [-0.4, -0.2) is 42.2 Å². The highest BCUT2D eigenvalue weighted by Crippen LogP contribution is 2.32. The molecule has 2 saturated heterocycles. The first kappa shape index (κ1) is 12.3. The van der Waals surface area contributed by atoms with E-state index >= 15 is 0 Å². The summed E-state index contributed by atoms with van der Waals surface area (Å²) in [6.45, 7) is 7.87. The van der Waals surface area contributed by atoms with Crippen molar-refractivity contribution in [2.75, 3.05) is 19.6 Å². The fourth-order valence-electron chi connectivity index (χ4n) is 3.33. The van der Waals surface area contributed by atoms with Gasteiger partial charge in [0, 0.05) is 30.7 Å². The lowest BCUT2D eigenvalue weighted by molar-refractivity contribution is 0.103. The first-order chi connectivity index (χ1) is 7.69. The Kier molecular flexibility index (Phi) is 3.88. The number of nitrogens with zero attached hydrogens (tertiary/aromatic N) is 1. The molecule has 16 heavy (non-hydrogen) atoms. The highest BCUT2D eigenvalue weighted by molar-refractivity contribution is 5.01. The average molecular weight is 225 g/mol.